The van der Waals surface area contributed by atoms with Gasteiger partial charge in [0.1, 0.15) is 0 Å². The molecule has 15 heavy (non-hydrogen) atoms. The van der Waals surface area contributed by atoms with Gasteiger partial charge >= 0.3 is 5.51 Å². The molecule has 0 aliphatic carbocycles. The van der Waals surface area contributed by atoms with E-state index in [2.05, 4.69) is 0 Å². The summed E-state index contributed by atoms with van der Waals surface area (Å²) in [4.78, 5) is 10.6. The Kier molecular flexibility index (Phi) is 3.51. The molecule has 0 atom stereocenters. The van der Waals surface area contributed by atoms with Crippen LogP contribution in [0.15, 0.2) is 23.1 Å². The Bertz CT molecular complexity index is 394. The molecule has 0 unspecified atom stereocenters. The van der Waals surface area contributed by atoms with Crippen molar-refractivity contribution in [2.45, 2.75) is 10.4 Å². The predicted molar refractivity (Wildman–Crippen MR) is 51.9 cm³/mol. The van der Waals surface area contributed by atoms with E-state index in [4.69, 9.17) is 17.3 Å². The fourth-order valence-corrected chi connectivity index (χ4v) is 1.84. The first kappa shape index (κ1) is 12.2. The van der Waals surface area contributed by atoms with E-state index < -0.39 is 11.4 Å². The van der Waals surface area contributed by atoms with Gasteiger partial charge in [-0.3, -0.25) is 4.79 Å². The van der Waals surface area contributed by atoms with Crippen LogP contribution in [0.4, 0.5) is 13.2 Å². The highest BCUT2D eigenvalue weighted by molar-refractivity contribution is 8.00. The molecule has 1 aromatic rings. The molecule has 0 aliphatic heterocycles. The summed E-state index contributed by atoms with van der Waals surface area (Å²) in [5.41, 5.74) is 0.463. The maximum absolute atomic E-state index is 12.0. The number of nitrogens with two attached hydrogens (primary N) is 1. The Balaban J connectivity index is 3.04. The molecule has 7 heteroatoms. The second-order valence-corrected chi connectivity index (χ2v) is 4.16. The van der Waals surface area contributed by atoms with Crippen molar-refractivity contribution >= 4 is 29.3 Å². The first-order valence-electron chi connectivity index (χ1n) is 3.64. The summed E-state index contributed by atoms with van der Waals surface area (Å²) < 4.78 is 36.0. The second kappa shape index (κ2) is 4.32. The summed E-state index contributed by atoms with van der Waals surface area (Å²) in [5.74, 6) is -0.818. The van der Waals surface area contributed by atoms with Gasteiger partial charge in [0.15, 0.2) is 0 Å². The lowest BCUT2D eigenvalue weighted by molar-refractivity contribution is -0.0328. The number of hydrogen-bond acceptors (Lipinski definition) is 2. The van der Waals surface area contributed by atoms with E-state index in [0.29, 0.717) is 0 Å². The number of carbonyl (C=O) groups excluding carboxylic acids is 1. The van der Waals surface area contributed by atoms with Gasteiger partial charge in [0.2, 0.25) is 5.91 Å². The highest BCUT2D eigenvalue weighted by Gasteiger charge is 2.29. The largest absolute Gasteiger partial charge is 0.446 e. The first-order chi connectivity index (χ1) is 6.78. The fraction of sp³-hybridized carbons (Fsp3) is 0.125. The third-order valence-corrected chi connectivity index (χ3v) is 2.31. The van der Waals surface area contributed by atoms with Gasteiger partial charge in [0, 0.05) is 15.5 Å². The van der Waals surface area contributed by atoms with Crippen LogP contribution >= 0.6 is 23.4 Å². The van der Waals surface area contributed by atoms with E-state index in [9.17, 15) is 18.0 Å². The van der Waals surface area contributed by atoms with Gasteiger partial charge in [-0.15, -0.1) is 0 Å². The topological polar surface area (TPSA) is 43.1 Å². The number of rotatable bonds is 2. The van der Waals surface area contributed by atoms with E-state index in [0.717, 1.165) is 12.1 Å². The third-order valence-electron chi connectivity index (χ3n) is 1.39. The summed E-state index contributed by atoms with van der Waals surface area (Å²) in [6.07, 6.45) is 0. The number of carbonyl (C=O) groups is 1. The van der Waals surface area contributed by atoms with Crippen molar-refractivity contribution < 1.29 is 18.0 Å². The average molecular weight is 256 g/mol. The first-order valence-corrected chi connectivity index (χ1v) is 4.83. The second-order valence-electron chi connectivity index (χ2n) is 2.59. The van der Waals surface area contributed by atoms with Crippen LogP contribution in [0.3, 0.4) is 0 Å². The molecule has 0 bridgehead atoms. The molecular weight excluding hydrogens is 251 g/mol. The van der Waals surface area contributed by atoms with E-state index in [1.165, 1.54) is 6.07 Å². The zero-order valence-corrected chi connectivity index (χ0v) is 8.71. The maximum atomic E-state index is 12.0. The molecule has 0 fully saturated rings. The van der Waals surface area contributed by atoms with Crippen molar-refractivity contribution in [1.29, 1.82) is 0 Å². The minimum absolute atomic E-state index is 0.0399. The summed E-state index contributed by atoms with van der Waals surface area (Å²) in [7, 11) is 0. The van der Waals surface area contributed by atoms with Crippen LogP contribution < -0.4 is 5.73 Å². The minimum atomic E-state index is -4.42. The Morgan fingerprint density at radius 1 is 1.33 bits per heavy atom. The maximum Gasteiger partial charge on any atom is 0.446 e. The number of alkyl halides is 3. The van der Waals surface area contributed by atoms with Crippen LogP contribution in [0.1, 0.15) is 10.4 Å². The predicted octanol–water partition coefficient (Wildman–Crippen LogP) is 3.05. The van der Waals surface area contributed by atoms with Gasteiger partial charge in [0.25, 0.3) is 0 Å². The van der Waals surface area contributed by atoms with Crippen LogP contribution in [0.25, 0.3) is 0 Å². The Morgan fingerprint density at radius 3 is 2.40 bits per heavy atom. The zero-order chi connectivity index (χ0) is 11.6. The van der Waals surface area contributed by atoms with Gasteiger partial charge in [-0.05, 0) is 30.0 Å². The molecule has 1 aromatic carbocycles. The number of hydrogen-bond donors (Lipinski definition) is 1. The SMILES string of the molecule is NC(=O)c1cc(Cl)cc(SC(F)(F)F)c1. The lowest BCUT2D eigenvalue weighted by atomic mass is 10.2. The van der Waals surface area contributed by atoms with E-state index >= 15 is 0 Å². The fourth-order valence-electron chi connectivity index (χ4n) is 0.898. The lowest BCUT2D eigenvalue weighted by Crippen LogP contribution is -2.11. The molecule has 82 valence electrons. The quantitative estimate of drug-likeness (QED) is 0.826. The summed E-state index contributed by atoms with van der Waals surface area (Å²) in [6.45, 7) is 0. The van der Waals surface area contributed by atoms with E-state index in [-0.39, 0.29) is 27.2 Å². The molecule has 1 amide bonds. The number of benzene rings is 1. The highest BCUT2D eigenvalue weighted by atomic mass is 35.5. The van der Waals surface area contributed by atoms with Crippen molar-refractivity contribution in [3.8, 4) is 0 Å². The van der Waals surface area contributed by atoms with Crippen LogP contribution in [-0.2, 0) is 0 Å². The molecule has 0 saturated heterocycles. The minimum Gasteiger partial charge on any atom is -0.366 e. The number of amides is 1. The Labute approximate surface area is 92.6 Å². The van der Waals surface area contributed by atoms with E-state index in [1.54, 1.807) is 0 Å². The molecule has 2 nitrogen and oxygen atoms in total. The van der Waals surface area contributed by atoms with Crippen molar-refractivity contribution in [2.75, 3.05) is 0 Å². The van der Waals surface area contributed by atoms with Crippen LogP contribution in [0.2, 0.25) is 5.02 Å². The Hall–Kier alpha value is -0.880. The number of thioether (sulfide) groups is 1. The number of primary amides is 1. The normalized spacial score (nSPS) is 11.5. The summed E-state index contributed by atoms with van der Waals surface area (Å²) in [5, 5.41) is 0.0399. The average Bonchev–Trinajstić information content (AvgIpc) is 1.99. The van der Waals surface area contributed by atoms with Crippen LogP contribution in [-0.4, -0.2) is 11.4 Å². The molecule has 0 radical (unpaired) electrons. The molecule has 0 aliphatic rings. The van der Waals surface area contributed by atoms with Crippen LogP contribution in [0.5, 0.6) is 0 Å². The molecule has 0 saturated carbocycles. The standard InChI is InChI=1S/C8H5ClF3NOS/c9-5-1-4(7(13)14)2-6(3-5)15-8(10,11)12/h1-3H,(H2,13,14). The smallest absolute Gasteiger partial charge is 0.366 e. The summed E-state index contributed by atoms with van der Waals surface area (Å²) >= 11 is 5.19. The number of halogens is 4. The van der Waals surface area contributed by atoms with E-state index in [1.807, 2.05) is 0 Å². The Morgan fingerprint density at radius 2 is 1.93 bits per heavy atom. The monoisotopic (exact) mass is 255 g/mol. The van der Waals surface area contributed by atoms with Gasteiger partial charge in [-0.25, -0.2) is 0 Å². The van der Waals surface area contributed by atoms with Gasteiger partial charge in [-0.2, -0.15) is 13.2 Å². The van der Waals surface area contributed by atoms with Gasteiger partial charge in [0.05, 0.1) is 0 Å². The van der Waals surface area contributed by atoms with Gasteiger partial charge < -0.3 is 5.73 Å². The van der Waals surface area contributed by atoms with Crippen molar-refractivity contribution in [2.24, 2.45) is 5.73 Å². The van der Waals surface area contributed by atoms with Crippen molar-refractivity contribution in [3.63, 3.8) is 0 Å². The third kappa shape index (κ3) is 4.01. The molecule has 0 heterocycles. The summed E-state index contributed by atoms with van der Waals surface area (Å²) in [6, 6.07) is 3.38. The van der Waals surface area contributed by atoms with Crippen molar-refractivity contribution in [1.82, 2.24) is 0 Å². The van der Waals surface area contributed by atoms with Crippen LogP contribution in [0, 0.1) is 0 Å². The molecule has 2 N–H and O–H groups in total. The van der Waals surface area contributed by atoms with Crippen molar-refractivity contribution in [3.05, 3.63) is 28.8 Å². The van der Waals surface area contributed by atoms with Gasteiger partial charge in [-0.1, -0.05) is 11.6 Å². The molecular formula is C8H5ClF3NOS. The zero-order valence-electron chi connectivity index (χ0n) is 7.14. The molecule has 0 spiro atoms. The lowest BCUT2D eigenvalue weighted by Gasteiger charge is -2.06. The molecule has 0 aromatic heterocycles. The molecule has 1 rings (SSSR count). The highest BCUT2D eigenvalue weighted by Crippen LogP contribution is 2.38.